The lowest BCUT2D eigenvalue weighted by atomic mass is 10.0. The van der Waals surface area contributed by atoms with E-state index in [1.165, 1.54) is 9.13 Å². The molecule has 1 saturated heterocycles. The van der Waals surface area contributed by atoms with Crippen LogP contribution in [0.3, 0.4) is 0 Å². The Kier molecular flexibility index (Phi) is 15.2. The first-order valence-corrected chi connectivity index (χ1v) is 19.4. The fourth-order valence-electron chi connectivity index (χ4n) is 6.02. The molecule has 1 aromatic carbocycles. The molecule has 3 heterocycles. The van der Waals surface area contributed by atoms with Gasteiger partial charge in [0.1, 0.15) is 18.6 Å². The lowest BCUT2D eigenvalue weighted by Gasteiger charge is -2.26. The number of hydrogen-bond donors (Lipinski definition) is 5. The summed E-state index contributed by atoms with van der Waals surface area (Å²) >= 11 is 1.60. The molecule has 1 unspecified atom stereocenters. The second-order valence-electron chi connectivity index (χ2n) is 15.0. The van der Waals surface area contributed by atoms with Crippen LogP contribution in [0.5, 0.6) is 0 Å². The van der Waals surface area contributed by atoms with Crippen LogP contribution in [-0.4, -0.2) is 104 Å². The molecule has 2 atom stereocenters. The Bertz CT molecular complexity index is 1800. The fourth-order valence-corrected chi connectivity index (χ4v) is 7.00. The van der Waals surface area contributed by atoms with Gasteiger partial charge in [-0.2, -0.15) is 0 Å². The average Bonchev–Trinajstić information content (AvgIpc) is 3.62. The SMILES string of the molecule is CC(C)CCCNC(=O)CCOCCOC(C)(C)CNC(=O)Cn1c(=O)n(-c2ccc(C[C@H](NC(=O)C3NCSC3(C)C)C(=O)O)cc2)c2ncccc21. The van der Waals surface area contributed by atoms with Gasteiger partial charge in [-0.15, -0.1) is 11.8 Å². The molecule has 296 valence electrons. The van der Waals surface area contributed by atoms with Crippen molar-refractivity contribution in [2.24, 2.45) is 5.92 Å². The minimum absolute atomic E-state index is 0.0380. The van der Waals surface area contributed by atoms with E-state index in [1.807, 2.05) is 27.7 Å². The summed E-state index contributed by atoms with van der Waals surface area (Å²) in [6.07, 6.45) is 3.91. The van der Waals surface area contributed by atoms with Crippen LogP contribution in [0, 0.1) is 5.92 Å². The molecular weight excluding hydrogens is 715 g/mol. The van der Waals surface area contributed by atoms with Crippen molar-refractivity contribution in [3.63, 3.8) is 0 Å². The first kappa shape index (κ1) is 42.5. The summed E-state index contributed by atoms with van der Waals surface area (Å²) in [5.74, 6) is -0.732. The number of benzene rings is 1. The van der Waals surface area contributed by atoms with Gasteiger partial charge >= 0.3 is 11.7 Å². The fraction of sp³-hybridized carbons (Fsp3) is 0.579. The zero-order valence-corrected chi connectivity index (χ0v) is 32.9. The quantitative estimate of drug-likeness (QED) is 0.100. The zero-order valence-electron chi connectivity index (χ0n) is 32.1. The van der Waals surface area contributed by atoms with Crippen LogP contribution in [0.2, 0.25) is 0 Å². The highest BCUT2D eigenvalue weighted by molar-refractivity contribution is 8.00. The Labute approximate surface area is 320 Å². The Morgan fingerprint density at radius 1 is 1.07 bits per heavy atom. The molecule has 4 rings (SSSR count). The number of amides is 3. The second kappa shape index (κ2) is 19.4. The molecule has 0 spiro atoms. The Morgan fingerprint density at radius 3 is 2.48 bits per heavy atom. The molecular formula is C38H55N7O8S. The van der Waals surface area contributed by atoms with Gasteiger partial charge in [0.2, 0.25) is 17.7 Å². The number of rotatable bonds is 21. The van der Waals surface area contributed by atoms with Crippen LogP contribution in [0.15, 0.2) is 47.4 Å². The molecule has 15 nitrogen and oxygen atoms in total. The molecule has 54 heavy (non-hydrogen) atoms. The summed E-state index contributed by atoms with van der Waals surface area (Å²) < 4.78 is 13.8. The number of carboxylic acids is 1. The molecule has 0 saturated carbocycles. The number of nitrogens with one attached hydrogen (secondary N) is 4. The summed E-state index contributed by atoms with van der Waals surface area (Å²) in [5.41, 5.74) is 0.763. The maximum atomic E-state index is 13.7. The molecule has 1 aliphatic heterocycles. The normalized spacial score (nSPS) is 16.0. The van der Waals surface area contributed by atoms with Crippen LogP contribution in [0.4, 0.5) is 0 Å². The van der Waals surface area contributed by atoms with Crippen LogP contribution < -0.4 is 27.0 Å². The number of nitrogens with zero attached hydrogens (tertiary/aromatic N) is 3. The molecule has 0 bridgehead atoms. The van der Waals surface area contributed by atoms with Gasteiger partial charge in [0.05, 0.1) is 36.6 Å². The second-order valence-corrected chi connectivity index (χ2v) is 16.6. The van der Waals surface area contributed by atoms with E-state index in [-0.39, 0.29) is 55.0 Å². The molecule has 5 N–H and O–H groups in total. The minimum atomic E-state index is -1.15. The number of carboxylic acid groups (broad SMARTS) is 1. The predicted octanol–water partition coefficient (Wildman–Crippen LogP) is 2.61. The largest absolute Gasteiger partial charge is 0.480 e. The van der Waals surface area contributed by atoms with Crippen molar-refractivity contribution in [1.29, 1.82) is 0 Å². The van der Waals surface area contributed by atoms with Gasteiger partial charge in [-0.3, -0.25) is 24.3 Å². The lowest BCUT2D eigenvalue weighted by Crippen LogP contribution is -2.54. The number of pyridine rings is 1. The van der Waals surface area contributed by atoms with E-state index >= 15 is 0 Å². The first-order valence-electron chi connectivity index (χ1n) is 18.4. The van der Waals surface area contributed by atoms with E-state index in [4.69, 9.17) is 9.47 Å². The number of fused-ring (bicyclic) bond motifs is 1. The topological polar surface area (TPSA) is 195 Å². The van der Waals surface area contributed by atoms with Gasteiger partial charge in [0, 0.05) is 42.8 Å². The van der Waals surface area contributed by atoms with Crippen LogP contribution in [-0.2, 0) is 41.6 Å². The van der Waals surface area contributed by atoms with Gasteiger partial charge in [0.15, 0.2) is 5.65 Å². The Hall–Kier alpha value is -4.25. The Morgan fingerprint density at radius 2 is 1.81 bits per heavy atom. The molecule has 2 aromatic heterocycles. The van der Waals surface area contributed by atoms with Crippen LogP contribution >= 0.6 is 11.8 Å². The summed E-state index contributed by atoms with van der Waals surface area (Å²) in [4.78, 5) is 68.2. The molecule has 3 aromatic rings. The lowest BCUT2D eigenvalue weighted by molar-refractivity contribution is -0.142. The number of aliphatic carboxylic acids is 1. The molecule has 0 radical (unpaired) electrons. The Balaban J connectivity index is 1.30. The number of thioether (sulfide) groups is 1. The highest BCUT2D eigenvalue weighted by Crippen LogP contribution is 2.33. The predicted molar refractivity (Wildman–Crippen MR) is 208 cm³/mol. The third-order valence-corrected chi connectivity index (χ3v) is 10.4. The van der Waals surface area contributed by atoms with Crippen LogP contribution in [0.1, 0.15) is 66.4 Å². The maximum absolute atomic E-state index is 13.7. The standard InChI is InChI=1S/C38H55N7O8S/c1-25(2)9-7-16-39-30(46)15-18-52-19-20-53-37(3,4)23-41-31(47)22-44-29-10-8-17-40-33(29)45(36(44)51)27-13-11-26(12-14-27)21-28(35(49)50)43-34(48)32-38(5,6)54-24-42-32/h8,10-14,17,25,28,32,42H,7,9,15-16,18-24H2,1-6H3,(H,39,46)(H,41,47)(H,43,48)(H,49,50)/t28-,32?/m0/s1. The van der Waals surface area contributed by atoms with Crippen molar-refractivity contribution >= 4 is 46.6 Å². The first-order chi connectivity index (χ1) is 25.6. The minimum Gasteiger partial charge on any atom is -0.480 e. The average molecular weight is 770 g/mol. The van der Waals surface area contributed by atoms with Gasteiger partial charge in [0.25, 0.3) is 0 Å². The van der Waals surface area contributed by atoms with Gasteiger partial charge < -0.3 is 30.5 Å². The van der Waals surface area contributed by atoms with Crippen molar-refractivity contribution in [2.75, 3.05) is 38.8 Å². The van der Waals surface area contributed by atoms with Crippen molar-refractivity contribution in [2.45, 2.75) is 96.2 Å². The number of imidazole rings is 1. The van der Waals surface area contributed by atoms with Crippen molar-refractivity contribution in [3.8, 4) is 5.69 Å². The smallest absolute Gasteiger partial charge is 0.335 e. The summed E-state index contributed by atoms with van der Waals surface area (Å²) in [7, 11) is 0. The van der Waals surface area contributed by atoms with Crippen molar-refractivity contribution in [1.82, 2.24) is 35.4 Å². The maximum Gasteiger partial charge on any atom is 0.335 e. The third-order valence-electron chi connectivity index (χ3n) is 9.12. The molecule has 1 fully saturated rings. The van der Waals surface area contributed by atoms with Crippen LogP contribution in [0.25, 0.3) is 16.9 Å². The van der Waals surface area contributed by atoms with E-state index < -0.39 is 29.3 Å². The molecule has 3 amide bonds. The number of carbonyl (C=O) groups is 4. The summed E-state index contributed by atoms with van der Waals surface area (Å²) in [6, 6.07) is 8.51. The van der Waals surface area contributed by atoms with E-state index in [2.05, 4.69) is 40.1 Å². The zero-order chi connectivity index (χ0) is 39.5. The van der Waals surface area contributed by atoms with Crippen molar-refractivity contribution in [3.05, 3.63) is 58.6 Å². The van der Waals surface area contributed by atoms with Gasteiger partial charge in [-0.1, -0.05) is 26.0 Å². The van der Waals surface area contributed by atoms with E-state index in [0.29, 0.717) is 54.0 Å². The highest BCUT2D eigenvalue weighted by Gasteiger charge is 2.41. The monoisotopic (exact) mass is 769 g/mol. The molecule has 16 heteroatoms. The van der Waals surface area contributed by atoms with Gasteiger partial charge in [-0.05, 0) is 76.3 Å². The number of aromatic nitrogens is 3. The van der Waals surface area contributed by atoms with Gasteiger partial charge in [-0.25, -0.2) is 19.1 Å². The van der Waals surface area contributed by atoms with Crippen molar-refractivity contribution < 1.29 is 33.8 Å². The number of carbonyl (C=O) groups excluding carboxylic acids is 3. The van der Waals surface area contributed by atoms with E-state index in [1.54, 1.807) is 54.4 Å². The van der Waals surface area contributed by atoms with E-state index in [0.717, 1.165) is 12.8 Å². The number of hydrogen-bond acceptors (Lipinski definition) is 10. The molecule has 0 aliphatic carbocycles. The van der Waals surface area contributed by atoms with E-state index in [9.17, 15) is 29.1 Å². The highest BCUT2D eigenvalue weighted by atomic mass is 32.2. The third kappa shape index (κ3) is 12.1. The summed E-state index contributed by atoms with van der Waals surface area (Å²) in [5, 5.41) is 21.4. The summed E-state index contributed by atoms with van der Waals surface area (Å²) in [6.45, 7) is 13.3. The number of ether oxygens (including phenoxy) is 2. The molecule has 1 aliphatic rings.